The zero-order valence-electron chi connectivity index (χ0n) is 15.3. The first-order valence-corrected chi connectivity index (χ1v) is 8.67. The van der Waals surface area contributed by atoms with Crippen molar-refractivity contribution in [3.05, 3.63) is 36.4 Å². The van der Waals surface area contributed by atoms with E-state index in [0.717, 1.165) is 5.56 Å². The summed E-state index contributed by atoms with van der Waals surface area (Å²) < 4.78 is 21.8. The number of esters is 1. The normalized spacial score (nSPS) is 27.9. The number of allylic oxidation sites excluding steroid dienone is 1. The Balaban J connectivity index is 1.93. The molecule has 0 aliphatic carbocycles. The van der Waals surface area contributed by atoms with E-state index in [1.165, 1.54) is 14.0 Å². The summed E-state index contributed by atoms with van der Waals surface area (Å²) in [4.78, 5) is 24.8. The van der Waals surface area contributed by atoms with Gasteiger partial charge in [-0.1, -0.05) is 19.1 Å². The van der Waals surface area contributed by atoms with Crippen LogP contribution in [0.25, 0.3) is 0 Å². The fourth-order valence-corrected chi connectivity index (χ4v) is 3.86. The van der Waals surface area contributed by atoms with E-state index in [4.69, 9.17) is 18.9 Å². The van der Waals surface area contributed by atoms with E-state index in [-0.39, 0.29) is 30.9 Å². The topological polar surface area (TPSA) is 71.1 Å². The van der Waals surface area contributed by atoms with E-state index in [9.17, 15) is 9.59 Å². The Morgan fingerprint density at radius 1 is 1.42 bits per heavy atom. The highest BCUT2D eigenvalue weighted by molar-refractivity contribution is 5.84. The molecule has 0 amide bonds. The van der Waals surface area contributed by atoms with Crippen LogP contribution in [0.3, 0.4) is 0 Å². The monoisotopic (exact) mass is 360 g/mol. The van der Waals surface area contributed by atoms with Crippen LogP contribution >= 0.6 is 0 Å². The minimum atomic E-state index is -0.852. The van der Waals surface area contributed by atoms with E-state index >= 15 is 0 Å². The van der Waals surface area contributed by atoms with Gasteiger partial charge in [0.15, 0.2) is 17.3 Å². The van der Waals surface area contributed by atoms with Crippen molar-refractivity contribution in [3.8, 4) is 11.5 Å². The van der Waals surface area contributed by atoms with Crippen LogP contribution in [0, 0.1) is 11.3 Å². The van der Waals surface area contributed by atoms with Gasteiger partial charge in [-0.2, -0.15) is 0 Å². The van der Waals surface area contributed by atoms with Gasteiger partial charge < -0.3 is 18.9 Å². The summed E-state index contributed by atoms with van der Waals surface area (Å²) >= 11 is 0. The molecule has 140 valence electrons. The lowest BCUT2D eigenvalue weighted by molar-refractivity contribution is -0.151. The zero-order chi connectivity index (χ0) is 18.9. The molecule has 1 fully saturated rings. The molecule has 4 atom stereocenters. The third-order valence-corrected chi connectivity index (χ3v) is 5.49. The number of Topliss-reactive ketones (excluding diaryl/α,β-unsaturated/α-hetero) is 1. The maximum Gasteiger partial charge on any atom is 0.313 e. The van der Waals surface area contributed by atoms with E-state index in [1.807, 2.05) is 25.1 Å². The van der Waals surface area contributed by atoms with Crippen molar-refractivity contribution in [3.63, 3.8) is 0 Å². The third-order valence-electron chi connectivity index (χ3n) is 5.49. The summed E-state index contributed by atoms with van der Waals surface area (Å²) in [5, 5.41) is 0. The number of benzene rings is 1. The van der Waals surface area contributed by atoms with Crippen molar-refractivity contribution in [1.82, 2.24) is 0 Å². The fraction of sp³-hybridized carbons (Fsp3) is 0.500. The van der Waals surface area contributed by atoms with Crippen molar-refractivity contribution in [2.24, 2.45) is 11.3 Å². The Kier molecular flexibility index (Phi) is 5.05. The Morgan fingerprint density at radius 3 is 2.81 bits per heavy atom. The number of carbonyl (C=O) groups is 2. The van der Waals surface area contributed by atoms with Gasteiger partial charge in [-0.3, -0.25) is 9.59 Å². The molecule has 2 aliphatic heterocycles. The summed E-state index contributed by atoms with van der Waals surface area (Å²) in [5.74, 6) is 0.730. The minimum absolute atomic E-state index is 0.109. The van der Waals surface area contributed by atoms with E-state index in [0.29, 0.717) is 17.9 Å². The van der Waals surface area contributed by atoms with E-state index in [2.05, 4.69) is 6.58 Å². The van der Waals surface area contributed by atoms with Crippen molar-refractivity contribution >= 4 is 11.8 Å². The van der Waals surface area contributed by atoms with Crippen molar-refractivity contribution < 1.29 is 28.5 Å². The van der Waals surface area contributed by atoms with Gasteiger partial charge in [-0.05, 0) is 37.5 Å². The van der Waals surface area contributed by atoms with Gasteiger partial charge >= 0.3 is 5.97 Å². The Labute approximate surface area is 153 Å². The average Bonchev–Trinajstić information content (AvgIpc) is 3.17. The molecule has 0 radical (unpaired) electrons. The first kappa shape index (κ1) is 18.5. The van der Waals surface area contributed by atoms with Gasteiger partial charge in [0.1, 0.15) is 12.2 Å². The number of hydrogen-bond donors (Lipinski definition) is 0. The highest BCUT2D eigenvalue weighted by Gasteiger charge is 2.56. The van der Waals surface area contributed by atoms with Crippen LogP contribution in [0.15, 0.2) is 30.9 Å². The summed E-state index contributed by atoms with van der Waals surface area (Å²) in [7, 11) is 1.48. The molecule has 26 heavy (non-hydrogen) atoms. The first-order chi connectivity index (χ1) is 12.4. The molecule has 1 saturated heterocycles. The molecule has 6 heteroatoms. The lowest BCUT2D eigenvalue weighted by atomic mass is 9.68. The molecule has 0 saturated carbocycles. The number of carbonyl (C=O) groups excluding carboxylic acids is 2. The molecule has 3 rings (SSSR count). The molecule has 1 aromatic carbocycles. The molecule has 2 heterocycles. The molecular formula is C20H24O6. The van der Waals surface area contributed by atoms with Crippen LogP contribution in [0.1, 0.15) is 38.4 Å². The molecule has 0 bridgehead atoms. The summed E-state index contributed by atoms with van der Waals surface area (Å²) in [6.07, 6.45) is 1.31. The smallest absolute Gasteiger partial charge is 0.313 e. The molecule has 6 nitrogen and oxygen atoms in total. The van der Waals surface area contributed by atoms with Gasteiger partial charge in [0, 0.05) is 13.0 Å². The second kappa shape index (κ2) is 7.11. The van der Waals surface area contributed by atoms with Crippen LogP contribution in [0.5, 0.6) is 11.5 Å². The van der Waals surface area contributed by atoms with Crippen molar-refractivity contribution in [2.45, 2.75) is 38.9 Å². The summed E-state index contributed by atoms with van der Waals surface area (Å²) in [5.41, 5.74) is -0.00684. The second-order valence-electron chi connectivity index (χ2n) is 6.92. The van der Waals surface area contributed by atoms with Crippen LogP contribution in [0.4, 0.5) is 0 Å². The molecule has 4 unspecified atom stereocenters. The largest absolute Gasteiger partial charge is 0.457 e. The number of ether oxygens (including phenoxy) is 4. The highest BCUT2D eigenvalue weighted by atomic mass is 16.7. The van der Waals surface area contributed by atoms with Crippen LogP contribution in [0.2, 0.25) is 0 Å². The molecule has 1 aromatic rings. The van der Waals surface area contributed by atoms with Crippen LogP contribution < -0.4 is 9.47 Å². The molecular weight excluding hydrogens is 336 g/mol. The van der Waals surface area contributed by atoms with Crippen LogP contribution in [-0.2, 0) is 19.1 Å². The van der Waals surface area contributed by atoms with Gasteiger partial charge in [0.25, 0.3) is 0 Å². The van der Waals surface area contributed by atoms with Crippen molar-refractivity contribution in [2.75, 3.05) is 13.9 Å². The van der Waals surface area contributed by atoms with Gasteiger partial charge in [0.05, 0.1) is 5.41 Å². The van der Waals surface area contributed by atoms with Crippen LogP contribution in [-0.4, -0.2) is 31.8 Å². The number of cyclic esters (lactones) is 1. The lowest BCUT2D eigenvalue weighted by Gasteiger charge is -2.31. The standard InChI is InChI=1S/C20H24O6/c1-5-8-20(10-17(23-4)13(3)21)12(2)18(26-19(20)22)14-6-7-15-16(9-14)25-11-24-15/h5-7,9,12,17-18H,1,8,10-11H2,2-4H3. The number of rotatable bonds is 7. The first-order valence-electron chi connectivity index (χ1n) is 8.67. The number of hydrogen-bond acceptors (Lipinski definition) is 6. The molecule has 0 N–H and O–H groups in total. The number of fused-ring (bicyclic) bond motifs is 1. The van der Waals surface area contributed by atoms with Gasteiger partial charge in [-0.15, -0.1) is 6.58 Å². The van der Waals surface area contributed by atoms with E-state index in [1.54, 1.807) is 6.08 Å². The molecule has 0 aromatic heterocycles. The molecule has 0 spiro atoms. The summed E-state index contributed by atoms with van der Waals surface area (Å²) in [6, 6.07) is 5.55. The highest BCUT2D eigenvalue weighted by Crippen LogP contribution is 2.53. The second-order valence-corrected chi connectivity index (χ2v) is 6.92. The SMILES string of the molecule is C=CCC1(CC(OC)C(C)=O)C(=O)OC(c2ccc3c(c2)OCO3)C1C. The third kappa shape index (κ3) is 2.98. The number of methoxy groups -OCH3 is 1. The quantitative estimate of drug-likeness (QED) is 0.549. The Bertz CT molecular complexity index is 727. The average molecular weight is 360 g/mol. The maximum absolute atomic E-state index is 12.9. The minimum Gasteiger partial charge on any atom is -0.457 e. The van der Waals surface area contributed by atoms with Gasteiger partial charge in [0.2, 0.25) is 6.79 Å². The predicted octanol–water partition coefficient (Wildman–Crippen LogP) is 3.21. The number of ketones is 1. The predicted molar refractivity (Wildman–Crippen MR) is 93.9 cm³/mol. The summed E-state index contributed by atoms with van der Waals surface area (Å²) in [6.45, 7) is 7.42. The van der Waals surface area contributed by atoms with Gasteiger partial charge in [-0.25, -0.2) is 0 Å². The lowest BCUT2D eigenvalue weighted by Crippen LogP contribution is -2.38. The zero-order valence-corrected chi connectivity index (χ0v) is 15.3. The maximum atomic E-state index is 12.9. The van der Waals surface area contributed by atoms with Crippen molar-refractivity contribution in [1.29, 1.82) is 0 Å². The fourth-order valence-electron chi connectivity index (χ4n) is 3.86. The van der Waals surface area contributed by atoms with E-state index < -0.39 is 17.6 Å². The Morgan fingerprint density at radius 2 is 2.15 bits per heavy atom. The Hall–Kier alpha value is -2.34. The molecule has 2 aliphatic rings.